The van der Waals surface area contributed by atoms with Gasteiger partial charge in [0.2, 0.25) is 0 Å². The van der Waals surface area contributed by atoms with E-state index < -0.39 is 0 Å². The molecule has 1 N–H and O–H groups in total. The molecule has 2 aromatic carbocycles. The van der Waals surface area contributed by atoms with Crippen molar-refractivity contribution in [3.05, 3.63) is 53.9 Å². The normalized spacial score (nSPS) is 11.4. The van der Waals surface area contributed by atoms with E-state index in [0.29, 0.717) is 11.4 Å². The van der Waals surface area contributed by atoms with Gasteiger partial charge in [-0.05, 0) is 42.2 Å². The summed E-state index contributed by atoms with van der Waals surface area (Å²) in [6.07, 6.45) is 3.87. The maximum atomic E-state index is 9.46. The molecule has 0 aliphatic rings. The van der Waals surface area contributed by atoms with Gasteiger partial charge in [-0.1, -0.05) is 12.1 Å². The molecule has 0 radical (unpaired) electrons. The molecule has 3 aromatic rings. The summed E-state index contributed by atoms with van der Waals surface area (Å²) < 4.78 is 5.21. The second-order valence-corrected chi connectivity index (χ2v) is 5.79. The van der Waals surface area contributed by atoms with Crippen LogP contribution in [0.2, 0.25) is 0 Å². The number of nitrogens with one attached hydrogen (secondary N) is 1. The van der Waals surface area contributed by atoms with Crippen LogP contribution in [0.25, 0.3) is 22.7 Å². The van der Waals surface area contributed by atoms with E-state index in [4.69, 9.17) is 4.74 Å². The van der Waals surface area contributed by atoms with Crippen molar-refractivity contribution in [1.29, 1.82) is 5.26 Å². The fourth-order valence-electron chi connectivity index (χ4n) is 2.26. The van der Waals surface area contributed by atoms with E-state index in [-0.39, 0.29) is 0 Å². The van der Waals surface area contributed by atoms with Gasteiger partial charge in [-0.15, -0.1) is 11.8 Å². The number of aromatic amines is 1. The molecule has 23 heavy (non-hydrogen) atoms. The van der Waals surface area contributed by atoms with Crippen LogP contribution in [0, 0.1) is 11.3 Å². The number of ether oxygens (including phenoxy) is 1. The van der Waals surface area contributed by atoms with Gasteiger partial charge >= 0.3 is 0 Å². The molecule has 0 atom stereocenters. The number of hydrogen-bond donors (Lipinski definition) is 1. The number of allylic oxidation sites excluding steroid dienone is 1. The van der Waals surface area contributed by atoms with Gasteiger partial charge in [-0.2, -0.15) is 5.26 Å². The van der Waals surface area contributed by atoms with Crippen LogP contribution in [0.5, 0.6) is 5.75 Å². The Hall–Kier alpha value is -2.71. The predicted molar refractivity (Wildman–Crippen MR) is 94.4 cm³/mol. The number of H-pyrrole nitrogens is 1. The van der Waals surface area contributed by atoms with Gasteiger partial charge in [0.05, 0.1) is 23.7 Å². The van der Waals surface area contributed by atoms with Crippen molar-refractivity contribution < 1.29 is 4.74 Å². The number of methoxy groups -OCH3 is 1. The number of rotatable bonds is 4. The molecule has 0 unspecified atom stereocenters. The molecule has 0 saturated heterocycles. The van der Waals surface area contributed by atoms with Gasteiger partial charge in [0.1, 0.15) is 17.6 Å². The lowest BCUT2D eigenvalue weighted by Crippen LogP contribution is -1.85. The Morgan fingerprint density at radius 3 is 2.70 bits per heavy atom. The van der Waals surface area contributed by atoms with Crippen LogP contribution < -0.4 is 4.74 Å². The van der Waals surface area contributed by atoms with Crippen LogP contribution in [-0.2, 0) is 0 Å². The molecule has 0 spiro atoms. The third-order valence-corrected chi connectivity index (χ3v) is 4.23. The van der Waals surface area contributed by atoms with Crippen molar-refractivity contribution in [2.45, 2.75) is 4.90 Å². The van der Waals surface area contributed by atoms with Crippen molar-refractivity contribution in [3.63, 3.8) is 0 Å². The van der Waals surface area contributed by atoms with Gasteiger partial charge in [-0.3, -0.25) is 0 Å². The van der Waals surface area contributed by atoms with Crippen LogP contribution in [0.15, 0.2) is 47.4 Å². The second-order valence-electron chi connectivity index (χ2n) is 4.91. The summed E-state index contributed by atoms with van der Waals surface area (Å²) in [5.41, 5.74) is 3.12. The van der Waals surface area contributed by atoms with E-state index in [1.165, 1.54) is 4.90 Å². The number of nitriles is 1. The van der Waals surface area contributed by atoms with E-state index >= 15 is 0 Å². The number of nitrogens with zero attached hydrogens (tertiary/aromatic N) is 2. The molecule has 0 saturated carbocycles. The monoisotopic (exact) mass is 321 g/mol. The fourth-order valence-corrected chi connectivity index (χ4v) is 2.67. The quantitative estimate of drug-likeness (QED) is 0.573. The number of aromatic nitrogens is 2. The first-order chi connectivity index (χ1) is 11.2. The average Bonchev–Trinajstić information content (AvgIpc) is 3.02. The highest BCUT2D eigenvalue weighted by molar-refractivity contribution is 7.98. The molecule has 1 heterocycles. The van der Waals surface area contributed by atoms with Gasteiger partial charge < -0.3 is 9.72 Å². The number of hydrogen-bond acceptors (Lipinski definition) is 4. The highest BCUT2D eigenvalue weighted by atomic mass is 32.2. The standard InChI is InChI=1S/C18H15N3OS/c1-22-14-5-8-16-17(10-14)21-18(20-16)13(11-19)9-12-3-6-15(23-2)7-4-12/h3-10H,1-2H3,(H,20,21). The van der Waals surface area contributed by atoms with Gasteiger partial charge in [-0.25, -0.2) is 4.98 Å². The molecule has 4 nitrogen and oxygen atoms in total. The van der Waals surface area contributed by atoms with E-state index in [9.17, 15) is 5.26 Å². The van der Waals surface area contributed by atoms with E-state index in [1.54, 1.807) is 18.9 Å². The van der Waals surface area contributed by atoms with Gasteiger partial charge in [0.25, 0.3) is 0 Å². The third-order valence-electron chi connectivity index (χ3n) is 3.49. The third kappa shape index (κ3) is 3.22. The molecule has 114 valence electrons. The Morgan fingerprint density at radius 2 is 2.04 bits per heavy atom. The van der Waals surface area contributed by atoms with E-state index in [0.717, 1.165) is 22.3 Å². The SMILES string of the molecule is COc1ccc2nc(C(C#N)=Cc3ccc(SC)cc3)[nH]c2c1. The van der Waals surface area contributed by atoms with Crippen LogP contribution in [0.4, 0.5) is 0 Å². The van der Waals surface area contributed by atoms with Crippen LogP contribution in [-0.4, -0.2) is 23.3 Å². The Labute approximate surface area is 138 Å². The Bertz CT molecular complexity index is 904. The van der Waals surface area contributed by atoms with Crippen molar-refractivity contribution in [2.24, 2.45) is 0 Å². The van der Waals surface area contributed by atoms with Gasteiger partial charge in [0, 0.05) is 11.0 Å². The highest BCUT2D eigenvalue weighted by Gasteiger charge is 2.08. The zero-order chi connectivity index (χ0) is 16.2. The molecular weight excluding hydrogens is 306 g/mol. The maximum absolute atomic E-state index is 9.46. The smallest absolute Gasteiger partial charge is 0.149 e. The number of imidazole rings is 1. The van der Waals surface area contributed by atoms with Crippen LogP contribution in [0.3, 0.4) is 0 Å². The average molecular weight is 321 g/mol. The number of benzene rings is 2. The zero-order valence-electron chi connectivity index (χ0n) is 12.8. The molecule has 0 aliphatic carbocycles. The molecule has 0 bridgehead atoms. The number of thioether (sulfide) groups is 1. The molecule has 0 aliphatic heterocycles. The summed E-state index contributed by atoms with van der Waals surface area (Å²) in [6.45, 7) is 0. The molecule has 0 amide bonds. The maximum Gasteiger partial charge on any atom is 0.149 e. The lowest BCUT2D eigenvalue weighted by Gasteiger charge is -1.98. The lowest BCUT2D eigenvalue weighted by atomic mass is 10.1. The summed E-state index contributed by atoms with van der Waals surface area (Å²) in [4.78, 5) is 8.85. The first-order valence-corrected chi connectivity index (χ1v) is 8.26. The van der Waals surface area contributed by atoms with Crippen LogP contribution >= 0.6 is 11.8 Å². The van der Waals surface area contributed by atoms with Crippen LogP contribution in [0.1, 0.15) is 11.4 Å². The summed E-state index contributed by atoms with van der Waals surface area (Å²) in [7, 11) is 1.62. The molecule has 3 rings (SSSR count). The summed E-state index contributed by atoms with van der Waals surface area (Å²) >= 11 is 1.69. The second kappa shape index (κ2) is 6.59. The van der Waals surface area contributed by atoms with Crippen molar-refractivity contribution in [2.75, 3.05) is 13.4 Å². The Kier molecular flexibility index (Phi) is 4.35. The van der Waals surface area contributed by atoms with Gasteiger partial charge in [0.15, 0.2) is 0 Å². The number of fused-ring (bicyclic) bond motifs is 1. The predicted octanol–water partition coefficient (Wildman–Crippen LogP) is 4.36. The van der Waals surface area contributed by atoms with Crippen molar-refractivity contribution in [1.82, 2.24) is 9.97 Å². The minimum atomic E-state index is 0.497. The first-order valence-electron chi connectivity index (χ1n) is 7.03. The van der Waals surface area contributed by atoms with E-state index in [2.05, 4.69) is 16.0 Å². The topological polar surface area (TPSA) is 61.7 Å². The van der Waals surface area contributed by atoms with E-state index in [1.807, 2.05) is 54.8 Å². The minimum Gasteiger partial charge on any atom is -0.497 e. The zero-order valence-corrected chi connectivity index (χ0v) is 13.6. The van der Waals surface area contributed by atoms with Crippen molar-refractivity contribution >= 4 is 34.4 Å². The van der Waals surface area contributed by atoms with Crippen molar-refractivity contribution in [3.8, 4) is 11.8 Å². The molecule has 0 fully saturated rings. The Morgan fingerprint density at radius 1 is 1.26 bits per heavy atom. The first kappa shape index (κ1) is 15.2. The largest absolute Gasteiger partial charge is 0.497 e. The summed E-state index contributed by atoms with van der Waals surface area (Å²) in [5.74, 6) is 1.31. The fraction of sp³-hybridized carbons (Fsp3) is 0.111. The highest BCUT2D eigenvalue weighted by Crippen LogP contribution is 2.23. The summed E-state index contributed by atoms with van der Waals surface area (Å²) in [5, 5.41) is 9.46. The molecule has 5 heteroatoms. The molecular formula is C18H15N3OS. The molecule has 1 aromatic heterocycles. The summed E-state index contributed by atoms with van der Waals surface area (Å²) in [6, 6.07) is 15.9. The minimum absolute atomic E-state index is 0.497. The lowest BCUT2D eigenvalue weighted by molar-refractivity contribution is 0.415. The Balaban J connectivity index is 1.99.